The van der Waals surface area contributed by atoms with Crippen LogP contribution in [0.3, 0.4) is 0 Å². The molecule has 1 N–H and O–H groups in total. The summed E-state index contributed by atoms with van der Waals surface area (Å²) in [5.74, 6) is -0.731. The highest BCUT2D eigenvalue weighted by Crippen LogP contribution is 2.19. The van der Waals surface area contributed by atoms with Crippen LogP contribution in [0.2, 0.25) is 0 Å². The van der Waals surface area contributed by atoms with Crippen molar-refractivity contribution >= 4 is 18.4 Å². The molecule has 1 atom stereocenters. The molecule has 1 rings (SSSR count). The number of carboxylic acids is 1. The topological polar surface area (TPSA) is 49.8 Å². The lowest BCUT2D eigenvalue weighted by Gasteiger charge is -2.40. The molecule has 1 aliphatic rings. The first-order valence-electron chi connectivity index (χ1n) is 5.07. The van der Waals surface area contributed by atoms with Gasteiger partial charge >= 0.3 is 5.97 Å². The predicted molar refractivity (Wildman–Crippen MR) is 60.6 cm³/mol. The Morgan fingerprint density at radius 3 is 2.60 bits per heavy atom. The maximum atomic E-state index is 11.0. The maximum Gasteiger partial charge on any atom is 0.320 e. The van der Waals surface area contributed by atoms with Crippen molar-refractivity contribution in [2.24, 2.45) is 0 Å². The molecule has 0 aromatic carbocycles. The second-order valence-electron chi connectivity index (χ2n) is 4.34. The second-order valence-corrected chi connectivity index (χ2v) is 4.34. The number of rotatable bonds is 3. The van der Waals surface area contributed by atoms with Gasteiger partial charge in [-0.25, -0.2) is 0 Å². The number of halogens is 1. The SMILES string of the molecule is CCC(C(=O)O)N1CCOC(C)(C)C1.Cl. The van der Waals surface area contributed by atoms with Crippen molar-refractivity contribution in [2.75, 3.05) is 19.7 Å². The minimum absolute atomic E-state index is 0. The molecule has 1 fully saturated rings. The van der Waals surface area contributed by atoms with Gasteiger partial charge in [-0.05, 0) is 20.3 Å². The van der Waals surface area contributed by atoms with Gasteiger partial charge in [0.1, 0.15) is 6.04 Å². The smallest absolute Gasteiger partial charge is 0.320 e. The number of hydrogen-bond acceptors (Lipinski definition) is 3. The van der Waals surface area contributed by atoms with E-state index in [1.165, 1.54) is 0 Å². The fourth-order valence-corrected chi connectivity index (χ4v) is 1.91. The average Bonchev–Trinajstić information content (AvgIpc) is 2.02. The average molecular weight is 238 g/mol. The lowest BCUT2D eigenvalue weighted by Crippen LogP contribution is -2.54. The van der Waals surface area contributed by atoms with Crippen LogP contribution in [0.4, 0.5) is 0 Å². The van der Waals surface area contributed by atoms with E-state index in [1.807, 2.05) is 25.7 Å². The number of morpholine rings is 1. The van der Waals surface area contributed by atoms with Crippen molar-refractivity contribution in [3.05, 3.63) is 0 Å². The Balaban J connectivity index is 0.00000196. The quantitative estimate of drug-likeness (QED) is 0.806. The van der Waals surface area contributed by atoms with E-state index in [0.29, 0.717) is 26.1 Å². The summed E-state index contributed by atoms with van der Waals surface area (Å²) in [4.78, 5) is 13.0. The van der Waals surface area contributed by atoms with Crippen molar-refractivity contribution in [1.29, 1.82) is 0 Å². The first-order chi connectivity index (χ1) is 6.46. The van der Waals surface area contributed by atoms with Crippen LogP contribution in [0.1, 0.15) is 27.2 Å². The van der Waals surface area contributed by atoms with Gasteiger partial charge in [-0.1, -0.05) is 6.92 Å². The van der Waals surface area contributed by atoms with E-state index in [2.05, 4.69) is 0 Å². The van der Waals surface area contributed by atoms with Gasteiger partial charge in [0.25, 0.3) is 0 Å². The Bertz CT molecular complexity index is 221. The fraction of sp³-hybridized carbons (Fsp3) is 0.900. The highest BCUT2D eigenvalue weighted by atomic mass is 35.5. The molecule has 1 heterocycles. The Morgan fingerprint density at radius 1 is 1.60 bits per heavy atom. The van der Waals surface area contributed by atoms with Gasteiger partial charge in [0.2, 0.25) is 0 Å². The molecule has 90 valence electrons. The maximum absolute atomic E-state index is 11.0. The highest BCUT2D eigenvalue weighted by Gasteiger charge is 2.33. The summed E-state index contributed by atoms with van der Waals surface area (Å²) >= 11 is 0. The van der Waals surface area contributed by atoms with Gasteiger partial charge in [-0.2, -0.15) is 0 Å². The first kappa shape index (κ1) is 14.7. The summed E-state index contributed by atoms with van der Waals surface area (Å²) in [7, 11) is 0. The van der Waals surface area contributed by atoms with Crippen LogP contribution in [-0.4, -0.2) is 47.3 Å². The Hall–Kier alpha value is -0.320. The second kappa shape index (κ2) is 5.68. The lowest BCUT2D eigenvalue weighted by molar-refractivity contribution is -0.150. The molecule has 0 aliphatic carbocycles. The largest absolute Gasteiger partial charge is 0.480 e. The fourth-order valence-electron chi connectivity index (χ4n) is 1.91. The van der Waals surface area contributed by atoms with E-state index < -0.39 is 5.97 Å². The van der Waals surface area contributed by atoms with Crippen LogP contribution in [0, 0.1) is 0 Å². The molecule has 4 nitrogen and oxygen atoms in total. The zero-order valence-corrected chi connectivity index (χ0v) is 10.3. The van der Waals surface area contributed by atoms with Crippen molar-refractivity contribution in [3.8, 4) is 0 Å². The third-order valence-corrected chi connectivity index (χ3v) is 2.57. The molecule has 15 heavy (non-hydrogen) atoms. The van der Waals surface area contributed by atoms with Crippen molar-refractivity contribution in [1.82, 2.24) is 4.90 Å². The van der Waals surface area contributed by atoms with Gasteiger partial charge in [0.05, 0.1) is 12.2 Å². The van der Waals surface area contributed by atoms with E-state index >= 15 is 0 Å². The Kier molecular flexibility index (Phi) is 5.56. The standard InChI is InChI=1S/C10H19NO3.ClH/c1-4-8(9(12)13)11-5-6-14-10(2,3)7-11;/h8H,4-7H2,1-3H3,(H,12,13);1H. The van der Waals surface area contributed by atoms with Crippen LogP contribution in [0.25, 0.3) is 0 Å². The summed E-state index contributed by atoms with van der Waals surface area (Å²) in [5, 5.41) is 9.01. The predicted octanol–water partition coefficient (Wildman–Crippen LogP) is 1.38. The molecule has 0 spiro atoms. The number of aliphatic carboxylic acids is 1. The number of nitrogens with zero attached hydrogens (tertiary/aromatic N) is 1. The molecule has 0 aromatic rings. The molecular weight excluding hydrogens is 218 g/mol. The lowest BCUT2D eigenvalue weighted by atomic mass is 10.0. The van der Waals surface area contributed by atoms with E-state index in [9.17, 15) is 4.79 Å². The van der Waals surface area contributed by atoms with E-state index in [0.717, 1.165) is 0 Å². The molecule has 0 amide bonds. The summed E-state index contributed by atoms with van der Waals surface area (Å²) in [6.45, 7) is 7.92. The zero-order valence-electron chi connectivity index (χ0n) is 9.52. The van der Waals surface area contributed by atoms with E-state index in [1.54, 1.807) is 0 Å². The molecular formula is C10H20ClNO3. The van der Waals surface area contributed by atoms with Gasteiger partial charge in [-0.15, -0.1) is 12.4 Å². The molecule has 1 unspecified atom stereocenters. The number of carbonyl (C=O) groups is 1. The molecule has 1 aliphatic heterocycles. The molecule has 1 saturated heterocycles. The van der Waals surface area contributed by atoms with Crippen LogP contribution >= 0.6 is 12.4 Å². The van der Waals surface area contributed by atoms with Crippen molar-refractivity contribution in [2.45, 2.75) is 38.8 Å². The summed E-state index contributed by atoms with van der Waals surface area (Å²) < 4.78 is 5.54. The van der Waals surface area contributed by atoms with Gasteiger partial charge in [-0.3, -0.25) is 9.69 Å². The molecule has 5 heteroatoms. The molecule has 0 bridgehead atoms. The van der Waals surface area contributed by atoms with Crippen molar-refractivity contribution in [3.63, 3.8) is 0 Å². The number of hydrogen-bond donors (Lipinski definition) is 1. The Morgan fingerprint density at radius 2 is 2.20 bits per heavy atom. The van der Waals surface area contributed by atoms with Crippen LogP contribution in [0.5, 0.6) is 0 Å². The van der Waals surface area contributed by atoms with Gasteiger partial charge in [0.15, 0.2) is 0 Å². The monoisotopic (exact) mass is 237 g/mol. The van der Waals surface area contributed by atoms with Gasteiger partial charge in [0, 0.05) is 13.1 Å². The molecule has 0 aromatic heterocycles. The minimum atomic E-state index is -0.731. The summed E-state index contributed by atoms with van der Waals surface area (Å²) in [5.41, 5.74) is -0.221. The normalized spacial score (nSPS) is 22.9. The van der Waals surface area contributed by atoms with E-state index in [-0.39, 0.29) is 24.0 Å². The van der Waals surface area contributed by atoms with Crippen molar-refractivity contribution < 1.29 is 14.6 Å². The highest BCUT2D eigenvalue weighted by molar-refractivity contribution is 5.85. The van der Waals surface area contributed by atoms with Crippen LogP contribution in [-0.2, 0) is 9.53 Å². The first-order valence-corrected chi connectivity index (χ1v) is 5.07. The third-order valence-electron chi connectivity index (χ3n) is 2.57. The van der Waals surface area contributed by atoms with Crippen LogP contribution in [0.15, 0.2) is 0 Å². The Labute approximate surface area is 97.0 Å². The number of carboxylic acid groups (broad SMARTS) is 1. The minimum Gasteiger partial charge on any atom is -0.480 e. The van der Waals surface area contributed by atoms with Crippen LogP contribution < -0.4 is 0 Å². The zero-order chi connectivity index (χ0) is 10.8. The number of ether oxygens (including phenoxy) is 1. The van der Waals surface area contributed by atoms with Gasteiger partial charge < -0.3 is 9.84 Å². The summed E-state index contributed by atoms with van der Waals surface area (Å²) in [6, 6.07) is -0.363. The molecule has 0 saturated carbocycles. The van der Waals surface area contributed by atoms with E-state index in [4.69, 9.17) is 9.84 Å². The summed E-state index contributed by atoms with van der Waals surface area (Å²) in [6.07, 6.45) is 0.644. The third kappa shape index (κ3) is 3.97. The molecule has 0 radical (unpaired) electrons.